The van der Waals surface area contributed by atoms with E-state index in [1.165, 1.54) is 0 Å². The monoisotopic (exact) mass is 376 g/mol. The van der Waals surface area contributed by atoms with Crippen LogP contribution in [-0.4, -0.2) is 49.7 Å². The molecule has 1 aromatic carbocycles. The highest BCUT2D eigenvalue weighted by atomic mass is 16.2. The zero-order chi connectivity index (χ0) is 19.5. The summed E-state index contributed by atoms with van der Waals surface area (Å²) in [4.78, 5) is 23.3. The van der Waals surface area contributed by atoms with E-state index in [4.69, 9.17) is 0 Å². The van der Waals surface area contributed by atoms with E-state index in [1.54, 1.807) is 12.5 Å². The highest BCUT2D eigenvalue weighted by Gasteiger charge is 2.26. The van der Waals surface area contributed by atoms with Gasteiger partial charge in [0.1, 0.15) is 12.1 Å². The van der Waals surface area contributed by atoms with Crippen LogP contribution in [0.2, 0.25) is 0 Å². The summed E-state index contributed by atoms with van der Waals surface area (Å²) in [5.74, 6) is 0.897. The van der Waals surface area contributed by atoms with E-state index in [0.29, 0.717) is 11.6 Å². The summed E-state index contributed by atoms with van der Waals surface area (Å²) in [5, 5.41) is 7.88. The van der Waals surface area contributed by atoms with E-state index >= 15 is 0 Å². The Labute approximate surface area is 164 Å². The summed E-state index contributed by atoms with van der Waals surface area (Å²) >= 11 is 0. The fourth-order valence-electron chi connectivity index (χ4n) is 3.59. The minimum atomic E-state index is 0.0519. The average molecular weight is 376 g/mol. The number of anilines is 1. The van der Waals surface area contributed by atoms with E-state index in [0.717, 1.165) is 48.8 Å². The molecule has 0 spiro atoms. The van der Waals surface area contributed by atoms with Crippen molar-refractivity contribution < 1.29 is 4.79 Å². The number of rotatable bonds is 4. The zero-order valence-corrected chi connectivity index (χ0v) is 16.2. The maximum atomic E-state index is 13.0. The lowest BCUT2D eigenvalue weighted by molar-refractivity contribution is 0.0717. The first kappa shape index (κ1) is 18.2. The van der Waals surface area contributed by atoms with Crippen molar-refractivity contribution in [3.05, 3.63) is 65.9 Å². The van der Waals surface area contributed by atoms with Crippen LogP contribution in [0.15, 0.2) is 48.9 Å². The molecule has 1 amide bonds. The Hall–Kier alpha value is -3.22. The minimum Gasteiger partial charge on any atom is -0.367 e. The Morgan fingerprint density at radius 3 is 2.57 bits per heavy atom. The second-order valence-electron chi connectivity index (χ2n) is 7.15. The van der Waals surface area contributed by atoms with Crippen LogP contribution >= 0.6 is 0 Å². The lowest BCUT2D eigenvalue weighted by Crippen LogP contribution is -2.42. The zero-order valence-electron chi connectivity index (χ0n) is 16.2. The first-order chi connectivity index (χ1) is 13.6. The third kappa shape index (κ3) is 3.74. The van der Waals surface area contributed by atoms with Gasteiger partial charge in [0.05, 0.1) is 23.1 Å². The molecule has 0 radical (unpaired) electrons. The first-order valence-corrected chi connectivity index (χ1v) is 9.56. The van der Waals surface area contributed by atoms with Gasteiger partial charge in [-0.1, -0.05) is 18.2 Å². The number of piperidine rings is 1. The van der Waals surface area contributed by atoms with Crippen molar-refractivity contribution in [2.24, 2.45) is 0 Å². The molecule has 0 atom stereocenters. The Bertz CT molecular complexity index is 960. The van der Waals surface area contributed by atoms with Gasteiger partial charge in [0, 0.05) is 30.9 Å². The van der Waals surface area contributed by atoms with E-state index < -0.39 is 0 Å². The molecule has 7 heteroatoms. The van der Waals surface area contributed by atoms with Gasteiger partial charge >= 0.3 is 0 Å². The maximum absolute atomic E-state index is 13.0. The molecule has 2 aromatic heterocycles. The normalized spacial score (nSPS) is 14.9. The smallest absolute Gasteiger partial charge is 0.257 e. The standard InChI is InChI=1S/C21H24N6O/c1-15-12-20(23-14-22-15)25-17-8-10-26(11-9-17)21(28)19-13-24-27(16(19)2)18-6-4-3-5-7-18/h3-7,12-14,17H,8-11H2,1-2H3,(H,22,23,25). The molecular formula is C21H24N6O. The number of benzene rings is 1. The van der Waals surface area contributed by atoms with Crippen LogP contribution in [0, 0.1) is 13.8 Å². The van der Waals surface area contributed by atoms with Crippen LogP contribution in [0.25, 0.3) is 5.69 Å². The molecule has 3 aromatic rings. The molecule has 1 saturated heterocycles. The van der Waals surface area contributed by atoms with E-state index in [-0.39, 0.29) is 5.91 Å². The van der Waals surface area contributed by atoms with Crippen molar-refractivity contribution in [3.63, 3.8) is 0 Å². The number of carbonyl (C=O) groups is 1. The number of nitrogens with one attached hydrogen (secondary N) is 1. The summed E-state index contributed by atoms with van der Waals surface area (Å²) in [6.45, 7) is 5.33. The number of likely N-dealkylation sites (tertiary alicyclic amines) is 1. The third-order valence-electron chi connectivity index (χ3n) is 5.18. The molecule has 0 bridgehead atoms. The molecule has 0 saturated carbocycles. The third-order valence-corrected chi connectivity index (χ3v) is 5.18. The molecule has 1 fully saturated rings. The van der Waals surface area contributed by atoms with Crippen LogP contribution < -0.4 is 5.32 Å². The second-order valence-corrected chi connectivity index (χ2v) is 7.15. The maximum Gasteiger partial charge on any atom is 0.257 e. The first-order valence-electron chi connectivity index (χ1n) is 9.56. The van der Waals surface area contributed by atoms with Gasteiger partial charge in [-0.05, 0) is 38.8 Å². The van der Waals surface area contributed by atoms with Crippen LogP contribution in [0.3, 0.4) is 0 Å². The molecular weight excluding hydrogens is 352 g/mol. The van der Waals surface area contributed by atoms with Crippen molar-refractivity contribution in [1.82, 2.24) is 24.6 Å². The SMILES string of the molecule is Cc1cc(NC2CCN(C(=O)c3cnn(-c4ccccc4)c3C)CC2)ncn1. The van der Waals surface area contributed by atoms with E-state index in [9.17, 15) is 4.79 Å². The van der Waals surface area contributed by atoms with Gasteiger partial charge in [-0.2, -0.15) is 5.10 Å². The summed E-state index contributed by atoms with van der Waals surface area (Å²) in [6, 6.07) is 12.1. The fraction of sp³-hybridized carbons (Fsp3) is 0.333. The molecule has 0 aliphatic carbocycles. The molecule has 1 aliphatic rings. The van der Waals surface area contributed by atoms with Gasteiger partial charge in [-0.3, -0.25) is 4.79 Å². The summed E-state index contributed by atoms with van der Waals surface area (Å²) in [5.41, 5.74) is 3.44. The van der Waals surface area contributed by atoms with Gasteiger partial charge in [0.15, 0.2) is 0 Å². The Kier molecular flexibility index (Phi) is 5.06. The molecule has 0 unspecified atom stereocenters. The van der Waals surface area contributed by atoms with Crippen molar-refractivity contribution in [3.8, 4) is 5.69 Å². The van der Waals surface area contributed by atoms with Gasteiger partial charge in [0.2, 0.25) is 0 Å². The number of nitrogens with zero attached hydrogens (tertiary/aromatic N) is 5. The predicted octanol–water partition coefficient (Wildman–Crippen LogP) is 3.00. The van der Waals surface area contributed by atoms with Gasteiger partial charge in [-0.15, -0.1) is 0 Å². The van der Waals surface area contributed by atoms with Crippen molar-refractivity contribution in [2.75, 3.05) is 18.4 Å². The highest BCUT2D eigenvalue weighted by molar-refractivity contribution is 5.95. The van der Waals surface area contributed by atoms with Gasteiger partial charge in [0.25, 0.3) is 5.91 Å². The summed E-state index contributed by atoms with van der Waals surface area (Å²) in [7, 11) is 0. The molecule has 1 N–H and O–H groups in total. The minimum absolute atomic E-state index is 0.0519. The topological polar surface area (TPSA) is 75.9 Å². The lowest BCUT2D eigenvalue weighted by Gasteiger charge is -2.32. The van der Waals surface area contributed by atoms with E-state index in [1.807, 2.05) is 59.8 Å². The van der Waals surface area contributed by atoms with Gasteiger partial charge in [-0.25, -0.2) is 14.6 Å². The number of carbonyl (C=O) groups excluding carboxylic acids is 1. The highest BCUT2D eigenvalue weighted by Crippen LogP contribution is 2.20. The Morgan fingerprint density at radius 1 is 1.11 bits per heavy atom. The molecule has 28 heavy (non-hydrogen) atoms. The Balaban J connectivity index is 1.40. The molecule has 3 heterocycles. The second kappa shape index (κ2) is 7.80. The lowest BCUT2D eigenvalue weighted by atomic mass is 10.0. The summed E-state index contributed by atoms with van der Waals surface area (Å²) < 4.78 is 1.82. The van der Waals surface area contributed by atoms with Crippen LogP contribution in [0.5, 0.6) is 0 Å². The number of para-hydroxylation sites is 1. The van der Waals surface area contributed by atoms with Crippen molar-refractivity contribution in [1.29, 1.82) is 0 Å². The number of hydrogen-bond donors (Lipinski definition) is 1. The average Bonchev–Trinajstić information content (AvgIpc) is 3.10. The largest absolute Gasteiger partial charge is 0.367 e. The van der Waals surface area contributed by atoms with Crippen LogP contribution in [-0.2, 0) is 0 Å². The summed E-state index contributed by atoms with van der Waals surface area (Å²) in [6.07, 6.45) is 5.03. The number of aromatic nitrogens is 4. The van der Waals surface area contributed by atoms with Crippen LogP contribution in [0.1, 0.15) is 34.6 Å². The number of aryl methyl sites for hydroxylation is 1. The molecule has 144 valence electrons. The fourth-order valence-corrected chi connectivity index (χ4v) is 3.59. The molecule has 7 nitrogen and oxygen atoms in total. The Morgan fingerprint density at radius 2 is 1.86 bits per heavy atom. The van der Waals surface area contributed by atoms with Crippen molar-refractivity contribution >= 4 is 11.7 Å². The predicted molar refractivity (Wildman–Crippen MR) is 108 cm³/mol. The van der Waals surface area contributed by atoms with E-state index in [2.05, 4.69) is 20.4 Å². The van der Waals surface area contributed by atoms with Crippen molar-refractivity contribution in [2.45, 2.75) is 32.7 Å². The van der Waals surface area contributed by atoms with Crippen LogP contribution in [0.4, 0.5) is 5.82 Å². The number of amides is 1. The molecule has 1 aliphatic heterocycles. The number of hydrogen-bond acceptors (Lipinski definition) is 5. The molecule has 4 rings (SSSR count). The quantitative estimate of drug-likeness (QED) is 0.758. The van der Waals surface area contributed by atoms with Gasteiger partial charge < -0.3 is 10.2 Å².